The summed E-state index contributed by atoms with van der Waals surface area (Å²) in [6.07, 6.45) is -1.30. The van der Waals surface area contributed by atoms with Gasteiger partial charge in [-0.25, -0.2) is 15.0 Å². The standard InChI is InChI=1S/C28H27F3N8O/c1-16(25-32-8-5-9-33-25)34-24-17-6-3-4-7-19(17)37-27(40)23(24)26-35-20-14-18(28(29,30)31)22(15-21(20)36-26)39-12-10-38(2)11-13-39/h3-9,14-16H,10-13H2,1-2H3,(H,35,36)(H2,34,37,40)/t16-/m0/s1. The van der Waals surface area contributed by atoms with Crippen molar-refractivity contribution in [3.8, 4) is 11.4 Å². The lowest BCUT2D eigenvalue weighted by Gasteiger charge is -2.35. The number of halogens is 3. The molecule has 2 aromatic carbocycles. The summed E-state index contributed by atoms with van der Waals surface area (Å²) < 4.78 is 42.6. The number of aromatic nitrogens is 5. The molecule has 1 fully saturated rings. The van der Waals surface area contributed by atoms with Gasteiger partial charge in [-0.15, -0.1) is 0 Å². The minimum atomic E-state index is -4.57. The van der Waals surface area contributed by atoms with E-state index < -0.39 is 17.3 Å². The van der Waals surface area contributed by atoms with Gasteiger partial charge in [-0.3, -0.25) is 4.79 Å². The van der Waals surface area contributed by atoms with Gasteiger partial charge in [0.1, 0.15) is 17.2 Å². The number of para-hydroxylation sites is 1. The Balaban J connectivity index is 1.51. The van der Waals surface area contributed by atoms with Crippen LogP contribution in [0.15, 0.2) is 59.7 Å². The Kier molecular flexibility index (Phi) is 6.41. The molecule has 40 heavy (non-hydrogen) atoms. The van der Waals surface area contributed by atoms with Crippen molar-refractivity contribution in [2.45, 2.75) is 19.1 Å². The summed E-state index contributed by atoms with van der Waals surface area (Å²) in [6.45, 7) is 4.14. The number of alkyl halides is 3. The van der Waals surface area contributed by atoms with Gasteiger partial charge in [-0.05, 0) is 38.2 Å². The van der Waals surface area contributed by atoms with Gasteiger partial charge < -0.3 is 25.1 Å². The number of nitrogens with zero attached hydrogens (tertiary/aromatic N) is 5. The first-order valence-corrected chi connectivity index (χ1v) is 12.9. The number of nitrogens with one attached hydrogen (secondary N) is 3. The number of H-pyrrole nitrogens is 2. The lowest BCUT2D eigenvalue weighted by Crippen LogP contribution is -2.45. The van der Waals surface area contributed by atoms with E-state index in [0.29, 0.717) is 48.7 Å². The monoisotopic (exact) mass is 548 g/mol. The average Bonchev–Trinajstić information content (AvgIpc) is 3.35. The lowest BCUT2D eigenvalue weighted by atomic mass is 10.1. The highest BCUT2D eigenvalue weighted by Gasteiger charge is 2.36. The van der Waals surface area contributed by atoms with Crippen LogP contribution in [0.5, 0.6) is 0 Å². The van der Waals surface area contributed by atoms with E-state index in [4.69, 9.17) is 0 Å². The Bertz CT molecular complexity index is 1740. The second-order valence-corrected chi connectivity index (χ2v) is 9.98. The van der Waals surface area contributed by atoms with Gasteiger partial charge in [0, 0.05) is 44.0 Å². The number of hydrogen-bond donors (Lipinski definition) is 3. The Morgan fingerprint density at radius 2 is 1.70 bits per heavy atom. The molecule has 3 N–H and O–H groups in total. The van der Waals surface area contributed by atoms with Crippen LogP contribution in [0, 0.1) is 0 Å². The van der Waals surface area contributed by atoms with Gasteiger partial charge in [0.05, 0.1) is 39.5 Å². The van der Waals surface area contributed by atoms with E-state index in [0.717, 1.165) is 11.5 Å². The number of benzene rings is 2. The molecule has 0 radical (unpaired) electrons. The molecule has 1 aliphatic heterocycles. The second-order valence-electron chi connectivity index (χ2n) is 9.98. The molecule has 1 aliphatic rings. The fourth-order valence-electron chi connectivity index (χ4n) is 5.13. The second kappa shape index (κ2) is 9.94. The largest absolute Gasteiger partial charge is 0.418 e. The van der Waals surface area contributed by atoms with E-state index in [-0.39, 0.29) is 28.6 Å². The maximum absolute atomic E-state index is 14.2. The van der Waals surface area contributed by atoms with E-state index in [1.807, 2.05) is 32.2 Å². The lowest BCUT2D eigenvalue weighted by molar-refractivity contribution is -0.137. The number of fused-ring (bicyclic) bond motifs is 2. The molecular formula is C28H27F3N8O. The molecule has 5 aromatic rings. The molecule has 0 amide bonds. The van der Waals surface area contributed by atoms with Crippen LogP contribution in [0.4, 0.5) is 24.5 Å². The van der Waals surface area contributed by atoms with Crippen molar-refractivity contribution in [1.82, 2.24) is 29.8 Å². The molecule has 6 rings (SSSR count). The molecule has 0 spiro atoms. The zero-order valence-electron chi connectivity index (χ0n) is 21.9. The zero-order chi connectivity index (χ0) is 28.0. The third-order valence-electron chi connectivity index (χ3n) is 7.24. The Labute approximate surface area is 227 Å². The normalized spacial score (nSPS) is 15.6. The van der Waals surface area contributed by atoms with Gasteiger partial charge in [-0.2, -0.15) is 13.2 Å². The topological polar surface area (TPSA) is 106 Å². The van der Waals surface area contributed by atoms with Crippen LogP contribution in [-0.2, 0) is 6.18 Å². The van der Waals surface area contributed by atoms with Gasteiger partial charge in [0.2, 0.25) is 0 Å². The van der Waals surface area contributed by atoms with Gasteiger partial charge in [0.15, 0.2) is 0 Å². The van der Waals surface area contributed by atoms with Crippen molar-refractivity contribution < 1.29 is 13.2 Å². The van der Waals surface area contributed by atoms with Gasteiger partial charge >= 0.3 is 6.18 Å². The van der Waals surface area contributed by atoms with Crippen molar-refractivity contribution in [1.29, 1.82) is 0 Å². The van der Waals surface area contributed by atoms with E-state index in [2.05, 4.69) is 35.1 Å². The molecule has 1 atom stereocenters. The Morgan fingerprint density at radius 1 is 0.975 bits per heavy atom. The van der Waals surface area contributed by atoms with E-state index in [1.54, 1.807) is 29.4 Å². The van der Waals surface area contributed by atoms with Crippen molar-refractivity contribution in [2.24, 2.45) is 0 Å². The van der Waals surface area contributed by atoms with Gasteiger partial charge in [0.25, 0.3) is 5.56 Å². The van der Waals surface area contributed by atoms with Crippen LogP contribution < -0.4 is 15.8 Å². The molecular weight excluding hydrogens is 521 g/mol. The maximum Gasteiger partial charge on any atom is 0.418 e. The highest BCUT2D eigenvalue weighted by atomic mass is 19.4. The number of rotatable bonds is 5. The third-order valence-corrected chi connectivity index (χ3v) is 7.24. The summed E-state index contributed by atoms with van der Waals surface area (Å²) in [6, 6.07) is 11.2. The summed E-state index contributed by atoms with van der Waals surface area (Å²) in [7, 11) is 1.95. The fraction of sp³-hybridized carbons (Fsp3) is 0.286. The van der Waals surface area contributed by atoms with E-state index >= 15 is 0 Å². The third kappa shape index (κ3) is 4.75. The Morgan fingerprint density at radius 3 is 2.42 bits per heavy atom. The number of likely N-dealkylation sites (N-methyl/N-ethyl adjacent to an activating group) is 1. The van der Waals surface area contributed by atoms with Crippen molar-refractivity contribution in [3.05, 3.63) is 76.6 Å². The van der Waals surface area contributed by atoms with Gasteiger partial charge in [-0.1, -0.05) is 18.2 Å². The molecule has 0 unspecified atom stereocenters. The van der Waals surface area contributed by atoms with Crippen molar-refractivity contribution in [3.63, 3.8) is 0 Å². The first-order chi connectivity index (χ1) is 19.2. The van der Waals surface area contributed by atoms with Crippen LogP contribution in [0.3, 0.4) is 0 Å². The predicted molar refractivity (Wildman–Crippen MR) is 148 cm³/mol. The SMILES string of the molecule is C[C@H](Nc1c(-c2nc3cc(C(F)(F)F)c(N4CCN(C)CC4)cc3[nH]2)c(=O)[nH]c2ccccc12)c1ncccn1. The van der Waals surface area contributed by atoms with Crippen LogP contribution >= 0.6 is 0 Å². The van der Waals surface area contributed by atoms with Crippen molar-refractivity contribution in [2.75, 3.05) is 43.4 Å². The summed E-state index contributed by atoms with van der Waals surface area (Å²) in [4.78, 5) is 36.4. The van der Waals surface area contributed by atoms with Crippen molar-refractivity contribution >= 4 is 33.3 Å². The quantitative estimate of drug-likeness (QED) is 0.290. The minimum Gasteiger partial charge on any atom is -0.374 e. The molecule has 206 valence electrons. The van der Waals surface area contributed by atoms with E-state index in [1.165, 1.54) is 6.07 Å². The molecule has 0 aliphatic carbocycles. The summed E-state index contributed by atoms with van der Waals surface area (Å²) in [5, 5.41) is 4.08. The summed E-state index contributed by atoms with van der Waals surface area (Å²) in [5.74, 6) is 0.684. The minimum absolute atomic E-state index is 0.101. The zero-order valence-corrected chi connectivity index (χ0v) is 21.9. The number of imidazole rings is 1. The number of piperazine rings is 1. The van der Waals surface area contributed by atoms with E-state index in [9.17, 15) is 18.0 Å². The average molecular weight is 549 g/mol. The number of pyridine rings is 1. The first kappa shape index (κ1) is 25.8. The smallest absolute Gasteiger partial charge is 0.374 e. The molecule has 9 nitrogen and oxygen atoms in total. The first-order valence-electron chi connectivity index (χ1n) is 12.9. The highest BCUT2D eigenvalue weighted by Crippen LogP contribution is 2.40. The number of aromatic amines is 2. The number of anilines is 2. The summed E-state index contributed by atoms with van der Waals surface area (Å²) in [5.41, 5.74) is 0.728. The van der Waals surface area contributed by atoms with Crippen LogP contribution in [0.25, 0.3) is 33.3 Å². The fourth-order valence-corrected chi connectivity index (χ4v) is 5.13. The molecule has 12 heteroatoms. The Hall–Kier alpha value is -4.45. The molecule has 4 heterocycles. The molecule has 0 bridgehead atoms. The molecule has 3 aromatic heterocycles. The van der Waals surface area contributed by atoms with Crippen LogP contribution in [-0.4, -0.2) is 63.0 Å². The van der Waals surface area contributed by atoms with Crippen LogP contribution in [0.1, 0.15) is 24.4 Å². The predicted octanol–water partition coefficient (Wildman–Crippen LogP) is 4.81. The molecule has 0 saturated carbocycles. The maximum atomic E-state index is 14.2. The summed E-state index contributed by atoms with van der Waals surface area (Å²) >= 11 is 0. The van der Waals surface area contributed by atoms with Crippen LogP contribution in [0.2, 0.25) is 0 Å². The number of hydrogen-bond acceptors (Lipinski definition) is 7. The highest BCUT2D eigenvalue weighted by molar-refractivity contribution is 5.99. The molecule has 1 saturated heterocycles.